The fourth-order valence-corrected chi connectivity index (χ4v) is 0. The summed E-state index contributed by atoms with van der Waals surface area (Å²) in [6.45, 7) is 0. The molecule has 0 aromatic rings. The Morgan fingerprint density at radius 2 is 0.583 bits per heavy atom. The van der Waals surface area contributed by atoms with Crippen molar-refractivity contribution in [3.05, 3.63) is 0 Å². The maximum Gasteiger partial charge on any atom is 2.00 e. The van der Waals surface area contributed by atoms with Crippen LogP contribution in [0.3, 0.4) is 0 Å². The SMILES string of the molecule is C.C.C.C.C.C.O=C=O.[Ca+2].[OH-].[OH-]. The van der Waals surface area contributed by atoms with Crippen LogP contribution in [-0.2, 0) is 9.59 Å². The molecule has 0 heterocycles. The third-order valence-corrected chi connectivity index (χ3v) is 0. The summed E-state index contributed by atoms with van der Waals surface area (Å²) in [7, 11) is 0. The fourth-order valence-electron chi connectivity index (χ4n) is 0. The van der Waals surface area contributed by atoms with Crippen LogP contribution in [-0.4, -0.2) is 54.8 Å². The van der Waals surface area contributed by atoms with E-state index in [0.29, 0.717) is 0 Å². The Morgan fingerprint density at radius 1 is 0.583 bits per heavy atom. The van der Waals surface area contributed by atoms with Gasteiger partial charge in [-0.3, -0.25) is 0 Å². The molecule has 0 aromatic heterocycles. The second kappa shape index (κ2) is 530. The van der Waals surface area contributed by atoms with Gasteiger partial charge in [0.25, 0.3) is 0 Å². The minimum Gasteiger partial charge on any atom is -0.870 e. The Morgan fingerprint density at radius 3 is 0.583 bits per heavy atom. The van der Waals surface area contributed by atoms with Gasteiger partial charge < -0.3 is 11.0 Å². The van der Waals surface area contributed by atoms with E-state index in [1.807, 2.05) is 0 Å². The van der Waals surface area contributed by atoms with Gasteiger partial charge >= 0.3 is 43.9 Å². The van der Waals surface area contributed by atoms with Crippen LogP contribution in [0.25, 0.3) is 0 Å². The van der Waals surface area contributed by atoms with Crippen molar-refractivity contribution in [2.45, 2.75) is 44.6 Å². The molecule has 0 radical (unpaired) electrons. The second-order valence-corrected chi connectivity index (χ2v) is 0.0833. The summed E-state index contributed by atoms with van der Waals surface area (Å²) in [5, 5.41) is 0. The maximum atomic E-state index is 8.12. The summed E-state index contributed by atoms with van der Waals surface area (Å²) in [6.07, 6.45) is 0.250. The van der Waals surface area contributed by atoms with Crippen molar-refractivity contribution in [1.82, 2.24) is 0 Å². The number of hydrogen-bond donors (Lipinski definition) is 0. The quantitative estimate of drug-likeness (QED) is 0.579. The Bertz CT molecular complexity index is 36.4. The monoisotopic (exact) mass is 214 g/mol. The summed E-state index contributed by atoms with van der Waals surface area (Å²) in [5.74, 6) is 0. The third kappa shape index (κ3) is 3080. The van der Waals surface area contributed by atoms with Crippen molar-refractivity contribution in [1.29, 1.82) is 0 Å². The van der Waals surface area contributed by atoms with Crippen LogP contribution >= 0.6 is 0 Å². The van der Waals surface area contributed by atoms with Crippen LogP contribution < -0.4 is 0 Å². The van der Waals surface area contributed by atoms with Gasteiger partial charge in [0.1, 0.15) is 0 Å². The van der Waals surface area contributed by atoms with Crippen LogP contribution in [0.4, 0.5) is 0 Å². The van der Waals surface area contributed by atoms with Gasteiger partial charge in [-0.05, 0) is 0 Å². The molecule has 0 fully saturated rings. The Labute approximate surface area is 108 Å². The van der Waals surface area contributed by atoms with Crippen LogP contribution in [0.1, 0.15) is 44.6 Å². The average Bonchev–Trinajstić information content (AvgIpc) is 0.918. The van der Waals surface area contributed by atoms with Gasteiger partial charge in [0, 0.05) is 0 Å². The smallest absolute Gasteiger partial charge is 0.870 e. The number of carbonyl (C=O) groups excluding carboxylic acids is 2. The summed E-state index contributed by atoms with van der Waals surface area (Å²) in [5.41, 5.74) is 0. The molecule has 0 rings (SSSR count). The van der Waals surface area contributed by atoms with Crippen LogP contribution in [0.15, 0.2) is 0 Å². The zero-order valence-corrected chi connectivity index (χ0v) is 5.13. The van der Waals surface area contributed by atoms with Crippen molar-refractivity contribution in [2.75, 3.05) is 0 Å². The number of rotatable bonds is 0. The van der Waals surface area contributed by atoms with Crippen LogP contribution in [0.2, 0.25) is 0 Å². The molecule has 0 saturated heterocycles. The largest absolute Gasteiger partial charge is 2.00 e. The molecule has 4 nitrogen and oxygen atoms in total. The molecule has 0 amide bonds. The number of hydrogen-bond acceptors (Lipinski definition) is 4. The third-order valence-electron chi connectivity index (χ3n) is 0. The molecule has 5 heteroatoms. The Hall–Kier alpha value is 0.560. The normalized spacial score (nSPS) is 0.667. The molecule has 0 aromatic carbocycles. The molecule has 0 saturated carbocycles. The summed E-state index contributed by atoms with van der Waals surface area (Å²) < 4.78 is 0. The standard InChI is InChI=1S/CO2.6CH4.Ca.2H2O/c2-1-3;;;;;;;;;/h;6*1H4;;2*1H2/q;;;;;;;+2;;/p-2. The molecule has 0 aliphatic rings. The summed E-state index contributed by atoms with van der Waals surface area (Å²) in [6, 6.07) is 0. The zero-order chi connectivity index (χ0) is 2.71. The van der Waals surface area contributed by atoms with Gasteiger partial charge in [0.05, 0.1) is 0 Å². The Kier molecular flexibility index (Phi) is 11300. The molecule has 0 unspecified atom stereocenters. The van der Waals surface area contributed by atoms with Gasteiger partial charge in [-0.1, -0.05) is 44.6 Å². The van der Waals surface area contributed by atoms with Gasteiger partial charge in [0.15, 0.2) is 0 Å². The second-order valence-electron chi connectivity index (χ2n) is 0.0833. The van der Waals surface area contributed by atoms with Crippen molar-refractivity contribution in [3.8, 4) is 0 Å². The first-order valence-corrected chi connectivity index (χ1v) is 0.408. The zero-order valence-electron chi connectivity index (χ0n) is 2.92. The van der Waals surface area contributed by atoms with E-state index in [-0.39, 0.29) is 99.4 Å². The van der Waals surface area contributed by atoms with E-state index >= 15 is 0 Å². The fraction of sp³-hybridized carbons (Fsp3) is 0.857. The average molecular weight is 214 g/mol. The molecular weight excluding hydrogens is 188 g/mol. The van der Waals surface area contributed by atoms with E-state index in [2.05, 4.69) is 0 Å². The predicted molar refractivity (Wildman–Crippen MR) is 55.0 cm³/mol. The molecular formula is C7H26CaO4. The predicted octanol–water partition coefficient (Wildman–Crippen LogP) is 2.50. The minimum absolute atomic E-state index is 0. The van der Waals surface area contributed by atoms with Crippen molar-refractivity contribution in [3.63, 3.8) is 0 Å². The van der Waals surface area contributed by atoms with Gasteiger partial charge in [-0.25, -0.2) is 0 Å². The summed E-state index contributed by atoms with van der Waals surface area (Å²) >= 11 is 0. The van der Waals surface area contributed by atoms with Crippen molar-refractivity contribution in [2.24, 2.45) is 0 Å². The van der Waals surface area contributed by atoms with Crippen LogP contribution in [0, 0.1) is 0 Å². The topological polar surface area (TPSA) is 94.1 Å². The molecule has 12 heavy (non-hydrogen) atoms. The first-order chi connectivity index (χ1) is 1.41. The van der Waals surface area contributed by atoms with Gasteiger partial charge in [-0.15, -0.1) is 0 Å². The van der Waals surface area contributed by atoms with E-state index < -0.39 is 0 Å². The molecule has 0 spiro atoms. The van der Waals surface area contributed by atoms with E-state index in [4.69, 9.17) is 9.59 Å². The first kappa shape index (κ1) is 256. The van der Waals surface area contributed by atoms with E-state index in [9.17, 15) is 0 Å². The Balaban J connectivity index is -0.000000000556. The van der Waals surface area contributed by atoms with Crippen molar-refractivity contribution < 1.29 is 20.5 Å². The van der Waals surface area contributed by atoms with E-state index in [1.54, 1.807) is 0 Å². The first-order valence-electron chi connectivity index (χ1n) is 0.408. The maximum absolute atomic E-state index is 8.12. The van der Waals surface area contributed by atoms with E-state index in [0.717, 1.165) is 0 Å². The van der Waals surface area contributed by atoms with Gasteiger partial charge in [-0.2, -0.15) is 9.59 Å². The minimum atomic E-state index is 0. The summed E-state index contributed by atoms with van der Waals surface area (Å²) in [4.78, 5) is 16.2. The molecule has 0 bridgehead atoms. The van der Waals surface area contributed by atoms with Crippen LogP contribution in [0.5, 0.6) is 0 Å². The molecule has 0 aliphatic heterocycles. The molecule has 2 N–H and O–H groups in total. The van der Waals surface area contributed by atoms with E-state index in [1.165, 1.54) is 0 Å². The molecule has 0 aliphatic carbocycles. The molecule has 0 atom stereocenters. The molecule has 80 valence electrons. The van der Waals surface area contributed by atoms with Crippen molar-refractivity contribution >= 4 is 43.9 Å². The van der Waals surface area contributed by atoms with Gasteiger partial charge in [0.2, 0.25) is 0 Å².